The van der Waals surface area contributed by atoms with Gasteiger partial charge in [0.15, 0.2) is 11.5 Å². The summed E-state index contributed by atoms with van der Waals surface area (Å²) in [6.07, 6.45) is 0.500. The van der Waals surface area contributed by atoms with Crippen molar-refractivity contribution in [2.75, 3.05) is 12.1 Å². The van der Waals surface area contributed by atoms with Crippen LogP contribution in [0.15, 0.2) is 47.8 Å². The van der Waals surface area contributed by atoms with E-state index in [9.17, 15) is 4.79 Å². The highest BCUT2D eigenvalue weighted by molar-refractivity contribution is 7.09. The van der Waals surface area contributed by atoms with E-state index in [0.29, 0.717) is 17.9 Å². The summed E-state index contributed by atoms with van der Waals surface area (Å²) in [5.74, 6) is 1.34. The van der Waals surface area contributed by atoms with Crippen molar-refractivity contribution < 1.29 is 14.3 Å². The monoisotopic (exact) mass is 364 g/mol. The van der Waals surface area contributed by atoms with Gasteiger partial charge in [-0.05, 0) is 36.2 Å². The highest BCUT2D eigenvalue weighted by Gasteiger charge is 2.49. The Kier molecular flexibility index (Phi) is 3.30. The van der Waals surface area contributed by atoms with Gasteiger partial charge in [0.1, 0.15) is 5.41 Å². The number of nitrogens with zero attached hydrogens (tertiary/aromatic N) is 1. The molecule has 2 aliphatic heterocycles. The van der Waals surface area contributed by atoms with Crippen LogP contribution in [-0.2, 0) is 16.6 Å². The van der Waals surface area contributed by atoms with Crippen molar-refractivity contribution in [1.82, 2.24) is 4.98 Å². The highest BCUT2D eigenvalue weighted by Crippen LogP contribution is 2.47. The fourth-order valence-corrected chi connectivity index (χ4v) is 4.42. The molecule has 0 radical (unpaired) electrons. The summed E-state index contributed by atoms with van der Waals surface area (Å²) in [6, 6.07) is 13.6. The minimum atomic E-state index is -0.835. The average molecular weight is 364 g/mol. The van der Waals surface area contributed by atoms with E-state index in [0.717, 1.165) is 27.5 Å². The summed E-state index contributed by atoms with van der Waals surface area (Å²) in [4.78, 5) is 17.9. The van der Waals surface area contributed by atoms with Crippen LogP contribution in [0.25, 0.3) is 0 Å². The molecule has 3 aromatic rings. The molecule has 0 saturated heterocycles. The van der Waals surface area contributed by atoms with Crippen LogP contribution in [0.3, 0.4) is 0 Å². The predicted molar refractivity (Wildman–Crippen MR) is 99.0 cm³/mol. The smallest absolute Gasteiger partial charge is 0.239 e. The van der Waals surface area contributed by atoms with Crippen molar-refractivity contribution in [2.24, 2.45) is 0 Å². The lowest BCUT2D eigenvalue weighted by Gasteiger charge is -2.27. The molecule has 26 heavy (non-hydrogen) atoms. The molecule has 1 unspecified atom stereocenters. The van der Waals surface area contributed by atoms with Crippen LogP contribution in [0.4, 0.5) is 5.69 Å². The average Bonchev–Trinajstić information content (AvgIpc) is 3.33. The molecule has 1 aromatic heterocycles. The Bertz CT molecular complexity index is 1030. The Morgan fingerprint density at radius 2 is 2.04 bits per heavy atom. The zero-order valence-corrected chi connectivity index (χ0v) is 14.9. The number of para-hydroxylation sites is 1. The zero-order chi connectivity index (χ0) is 17.7. The molecule has 0 fully saturated rings. The number of carbonyl (C=O) groups is 1. The standard InChI is InChI=1S/C20H16N2O3S/c1-12-21-14(10-26-12)9-20(13-6-7-17-18(8-13)25-11-24-17)15-4-2-3-5-16(15)22-19(20)23/h2-8,10H,9,11H2,1H3,(H,22,23). The quantitative estimate of drug-likeness (QED) is 0.770. The molecule has 3 heterocycles. The number of rotatable bonds is 3. The molecule has 0 aliphatic carbocycles. The lowest BCUT2D eigenvalue weighted by atomic mass is 9.72. The largest absolute Gasteiger partial charge is 0.454 e. The van der Waals surface area contributed by atoms with E-state index in [1.54, 1.807) is 11.3 Å². The van der Waals surface area contributed by atoms with Gasteiger partial charge in [0.2, 0.25) is 12.7 Å². The number of anilines is 1. The third-order valence-corrected chi connectivity index (χ3v) is 5.82. The Labute approximate surface area is 154 Å². The molecule has 130 valence electrons. The topological polar surface area (TPSA) is 60.5 Å². The van der Waals surface area contributed by atoms with Crippen LogP contribution in [0.5, 0.6) is 11.5 Å². The van der Waals surface area contributed by atoms with Gasteiger partial charge in [0.05, 0.1) is 10.7 Å². The van der Waals surface area contributed by atoms with Gasteiger partial charge in [-0.1, -0.05) is 24.3 Å². The van der Waals surface area contributed by atoms with E-state index >= 15 is 0 Å². The molecule has 2 aliphatic rings. The van der Waals surface area contributed by atoms with Gasteiger partial charge in [-0.25, -0.2) is 4.98 Å². The number of benzene rings is 2. The van der Waals surface area contributed by atoms with Gasteiger partial charge in [-0.15, -0.1) is 11.3 Å². The van der Waals surface area contributed by atoms with Gasteiger partial charge >= 0.3 is 0 Å². The molecule has 0 spiro atoms. The molecule has 1 atom stereocenters. The van der Waals surface area contributed by atoms with Gasteiger partial charge in [-0.3, -0.25) is 4.79 Å². The van der Waals surface area contributed by atoms with Crippen molar-refractivity contribution in [1.29, 1.82) is 0 Å². The predicted octanol–water partition coefficient (Wildman–Crippen LogP) is 3.66. The highest BCUT2D eigenvalue weighted by atomic mass is 32.1. The molecule has 2 aromatic carbocycles. The van der Waals surface area contributed by atoms with Crippen molar-refractivity contribution in [3.8, 4) is 11.5 Å². The molecule has 0 saturated carbocycles. The molecule has 6 heteroatoms. The van der Waals surface area contributed by atoms with E-state index in [1.165, 1.54) is 0 Å². The Morgan fingerprint density at radius 1 is 1.19 bits per heavy atom. The van der Waals surface area contributed by atoms with E-state index < -0.39 is 5.41 Å². The maximum Gasteiger partial charge on any atom is 0.239 e. The number of aromatic nitrogens is 1. The van der Waals surface area contributed by atoms with Crippen LogP contribution < -0.4 is 14.8 Å². The minimum Gasteiger partial charge on any atom is -0.454 e. The number of aryl methyl sites for hydroxylation is 1. The summed E-state index contributed by atoms with van der Waals surface area (Å²) in [6.45, 7) is 2.18. The number of carbonyl (C=O) groups excluding carboxylic acids is 1. The third-order valence-electron chi connectivity index (χ3n) is 5.00. The molecular formula is C20H16N2O3S. The molecule has 5 rings (SSSR count). The van der Waals surface area contributed by atoms with Crippen LogP contribution in [0.2, 0.25) is 0 Å². The van der Waals surface area contributed by atoms with Gasteiger partial charge < -0.3 is 14.8 Å². The Hall–Kier alpha value is -2.86. The summed E-state index contributed by atoms with van der Waals surface area (Å²) >= 11 is 1.60. The first-order valence-electron chi connectivity index (χ1n) is 8.39. The van der Waals surface area contributed by atoms with Gasteiger partial charge in [0, 0.05) is 17.5 Å². The van der Waals surface area contributed by atoms with Gasteiger partial charge in [0.25, 0.3) is 0 Å². The fourth-order valence-electron chi connectivity index (χ4n) is 3.80. The number of hydrogen-bond acceptors (Lipinski definition) is 5. The Balaban J connectivity index is 1.72. The van der Waals surface area contributed by atoms with E-state index in [4.69, 9.17) is 9.47 Å². The second-order valence-electron chi connectivity index (χ2n) is 6.51. The lowest BCUT2D eigenvalue weighted by molar-refractivity contribution is -0.119. The van der Waals surface area contributed by atoms with Crippen molar-refractivity contribution in [3.63, 3.8) is 0 Å². The second kappa shape index (κ2) is 5.57. The normalized spacial score (nSPS) is 20.1. The van der Waals surface area contributed by atoms with Crippen molar-refractivity contribution in [2.45, 2.75) is 18.8 Å². The summed E-state index contributed by atoms with van der Waals surface area (Å²) in [5, 5.41) is 6.07. The molecule has 1 amide bonds. The number of thiazole rings is 1. The number of ether oxygens (including phenoxy) is 2. The van der Waals surface area contributed by atoms with Crippen LogP contribution >= 0.6 is 11.3 Å². The maximum absolute atomic E-state index is 13.3. The number of nitrogens with one attached hydrogen (secondary N) is 1. The number of fused-ring (bicyclic) bond motifs is 2. The zero-order valence-electron chi connectivity index (χ0n) is 14.1. The minimum absolute atomic E-state index is 0.0387. The fraction of sp³-hybridized carbons (Fsp3) is 0.200. The van der Waals surface area contributed by atoms with Crippen LogP contribution in [0.1, 0.15) is 21.8 Å². The van der Waals surface area contributed by atoms with E-state index in [2.05, 4.69) is 10.3 Å². The van der Waals surface area contributed by atoms with E-state index in [-0.39, 0.29) is 12.7 Å². The molecular weight excluding hydrogens is 348 g/mol. The maximum atomic E-state index is 13.3. The third kappa shape index (κ3) is 2.15. The van der Waals surface area contributed by atoms with Crippen LogP contribution in [-0.4, -0.2) is 17.7 Å². The summed E-state index contributed by atoms with van der Waals surface area (Å²) < 4.78 is 11.0. The van der Waals surface area contributed by atoms with Gasteiger partial charge in [-0.2, -0.15) is 0 Å². The first kappa shape index (κ1) is 15.4. The van der Waals surface area contributed by atoms with E-state index in [1.807, 2.05) is 54.8 Å². The molecule has 5 nitrogen and oxygen atoms in total. The van der Waals surface area contributed by atoms with Crippen molar-refractivity contribution >= 4 is 22.9 Å². The molecule has 1 N–H and O–H groups in total. The number of amides is 1. The molecule has 0 bridgehead atoms. The first-order valence-corrected chi connectivity index (χ1v) is 9.27. The summed E-state index contributed by atoms with van der Waals surface area (Å²) in [5.41, 5.74) is 2.78. The lowest BCUT2D eigenvalue weighted by Crippen LogP contribution is -2.38. The van der Waals surface area contributed by atoms with Crippen molar-refractivity contribution in [3.05, 3.63) is 69.7 Å². The second-order valence-corrected chi connectivity index (χ2v) is 7.57. The SMILES string of the molecule is Cc1nc(CC2(c3ccc4c(c3)OCO4)C(=O)Nc3ccccc32)cs1. The number of hydrogen-bond donors (Lipinski definition) is 1. The first-order chi connectivity index (χ1) is 12.7. The van der Waals surface area contributed by atoms with Crippen LogP contribution in [0, 0.1) is 6.92 Å². The summed E-state index contributed by atoms with van der Waals surface area (Å²) in [7, 11) is 0. The Morgan fingerprint density at radius 3 is 2.88 bits per heavy atom.